The summed E-state index contributed by atoms with van der Waals surface area (Å²) in [6.07, 6.45) is -0.680. The van der Waals surface area contributed by atoms with E-state index in [9.17, 15) is 5.11 Å². The molecule has 0 aliphatic heterocycles. The third kappa shape index (κ3) is 2.96. The van der Waals surface area contributed by atoms with Crippen molar-refractivity contribution >= 4 is 0 Å². The molecular formula is C17H23NO3. The first-order valence-corrected chi connectivity index (χ1v) is 7.08. The molecule has 0 spiro atoms. The molecule has 1 aromatic heterocycles. The minimum atomic E-state index is -0.680. The maximum Gasteiger partial charge on any atom is 0.118 e. The van der Waals surface area contributed by atoms with Crippen LogP contribution in [0.3, 0.4) is 0 Å². The second kappa shape index (κ2) is 6.33. The van der Waals surface area contributed by atoms with Crippen molar-refractivity contribution in [2.75, 3.05) is 13.7 Å². The van der Waals surface area contributed by atoms with Crippen LogP contribution in [-0.2, 0) is 0 Å². The van der Waals surface area contributed by atoms with E-state index in [2.05, 4.69) is 0 Å². The molecule has 1 heterocycles. The van der Waals surface area contributed by atoms with E-state index < -0.39 is 6.10 Å². The maximum absolute atomic E-state index is 10.8. The highest BCUT2D eigenvalue weighted by Crippen LogP contribution is 2.36. The summed E-state index contributed by atoms with van der Waals surface area (Å²) in [5.74, 6) is 2.21. The van der Waals surface area contributed by atoms with Crippen LogP contribution in [0.15, 0.2) is 28.7 Å². The first kappa shape index (κ1) is 15.6. The van der Waals surface area contributed by atoms with Crippen molar-refractivity contribution in [3.8, 4) is 5.75 Å². The van der Waals surface area contributed by atoms with Crippen LogP contribution in [0, 0.1) is 20.8 Å². The lowest BCUT2D eigenvalue weighted by molar-refractivity contribution is 0.145. The van der Waals surface area contributed by atoms with Crippen molar-refractivity contribution in [2.45, 2.75) is 32.8 Å². The lowest BCUT2D eigenvalue weighted by Gasteiger charge is -2.22. The minimum Gasteiger partial charge on any atom is -0.497 e. The van der Waals surface area contributed by atoms with Crippen LogP contribution in [-0.4, -0.2) is 18.8 Å². The van der Waals surface area contributed by atoms with Gasteiger partial charge in [-0.05, 0) is 44.0 Å². The van der Waals surface area contributed by atoms with Gasteiger partial charge in [0.05, 0.1) is 13.2 Å². The van der Waals surface area contributed by atoms with Crippen molar-refractivity contribution in [3.05, 3.63) is 52.5 Å². The van der Waals surface area contributed by atoms with E-state index >= 15 is 0 Å². The fraction of sp³-hybridized carbons (Fsp3) is 0.412. The van der Waals surface area contributed by atoms with E-state index in [1.54, 1.807) is 7.11 Å². The van der Waals surface area contributed by atoms with Gasteiger partial charge in [-0.3, -0.25) is 0 Å². The standard InChI is InChI=1S/C17H23NO3/c1-10-11(2)21-12(3)16(10)17(19)15(9-18)13-5-7-14(20-4)8-6-13/h5-8,15,17,19H,9,18H2,1-4H3. The monoisotopic (exact) mass is 289 g/mol. The molecule has 2 rings (SSSR count). The number of furan rings is 1. The van der Waals surface area contributed by atoms with Crippen LogP contribution in [0.25, 0.3) is 0 Å². The van der Waals surface area contributed by atoms with E-state index in [1.807, 2.05) is 45.0 Å². The Morgan fingerprint density at radius 3 is 2.19 bits per heavy atom. The molecule has 0 fully saturated rings. The summed E-state index contributed by atoms with van der Waals surface area (Å²) >= 11 is 0. The van der Waals surface area contributed by atoms with E-state index in [0.717, 1.165) is 34.0 Å². The Balaban J connectivity index is 2.35. The SMILES string of the molecule is COc1ccc(C(CN)C(O)c2c(C)oc(C)c2C)cc1. The molecular weight excluding hydrogens is 266 g/mol. The van der Waals surface area contributed by atoms with Gasteiger partial charge in [0.1, 0.15) is 17.3 Å². The van der Waals surface area contributed by atoms with Gasteiger partial charge in [0.25, 0.3) is 0 Å². The normalized spacial score (nSPS) is 14.0. The van der Waals surface area contributed by atoms with Gasteiger partial charge in [0.2, 0.25) is 0 Å². The Bertz CT molecular complexity index is 601. The molecule has 0 saturated carbocycles. The molecule has 21 heavy (non-hydrogen) atoms. The van der Waals surface area contributed by atoms with Gasteiger partial charge in [0, 0.05) is 18.0 Å². The van der Waals surface area contributed by atoms with Gasteiger partial charge in [-0.2, -0.15) is 0 Å². The van der Waals surface area contributed by atoms with Crippen LogP contribution in [0.5, 0.6) is 5.75 Å². The van der Waals surface area contributed by atoms with Crippen molar-refractivity contribution in [2.24, 2.45) is 5.73 Å². The molecule has 0 aliphatic carbocycles. The quantitative estimate of drug-likeness (QED) is 0.888. The van der Waals surface area contributed by atoms with E-state index in [1.165, 1.54) is 0 Å². The first-order chi connectivity index (χ1) is 9.99. The zero-order valence-corrected chi connectivity index (χ0v) is 13.0. The predicted octanol–water partition coefficient (Wildman–Crippen LogP) is 2.99. The fourth-order valence-corrected chi connectivity index (χ4v) is 2.74. The Morgan fingerprint density at radius 1 is 1.14 bits per heavy atom. The summed E-state index contributed by atoms with van der Waals surface area (Å²) in [5.41, 5.74) is 8.73. The highest BCUT2D eigenvalue weighted by atomic mass is 16.5. The van der Waals surface area contributed by atoms with Crippen LogP contribution in [0.1, 0.15) is 40.2 Å². The molecule has 2 unspecified atom stereocenters. The van der Waals surface area contributed by atoms with Gasteiger partial charge in [-0.1, -0.05) is 12.1 Å². The maximum atomic E-state index is 10.8. The highest BCUT2D eigenvalue weighted by Gasteiger charge is 2.27. The van der Waals surface area contributed by atoms with Crippen molar-refractivity contribution in [3.63, 3.8) is 0 Å². The third-order valence-corrected chi connectivity index (χ3v) is 4.09. The van der Waals surface area contributed by atoms with Crippen LogP contribution >= 0.6 is 0 Å². The number of ether oxygens (including phenoxy) is 1. The predicted molar refractivity (Wildman–Crippen MR) is 82.7 cm³/mol. The second-order valence-electron chi connectivity index (χ2n) is 5.31. The number of rotatable bonds is 5. The first-order valence-electron chi connectivity index (χ1n) is 7.08. The zero-order valence-electron chi connectivity index (χ0n) is 13.0. The number of methoxy groups -OCH3 is 1. The number of benzene rings is 1. The second-order valence-corrected chi connectivity index (χ2v) is 5.31. The van der Waals surface area contributed by atoms with Crippen molar-refractivity contribution in [1.29, 1.82) is 0 Å². The smallest absolute Gasteiger partial charge is 0.118 e. The molecule has 3 N–H and O–H groups in total. The fourth-order valence-electron chi connectivity index (χ4n) is 2.74. The lowest BCUT2D eigenvalue weighted by Crippen LogP contribution is -2.21. The zero-order chi connectivity index (χ0) is 15.6. The molecule has 0 bridgehead atoms. The summed E-state index contributed by atoms with van der Waals surface area (Å²) in [5, 5.41) is 10.8. The molecule has 4 heteroatoms. The summed E-state index contributed by atoms with van der Waals surface area (Å²) in [6.45, 7) is 6.10. The van der Waals surface area contributed by atoms with Gasteiger partial charge in [0.15, 0.2) is 0 Å². The number of aliphatic hydroxyl groups is 1. The summed E-state index contributed by atoms with van der Waals surface area (Å²) in [7, 11) is 1.63. The van der Waals surface area contributed by atoms with Gasteiger partial charge in [-0.25, -0.2) is 0 Å². The minimum absolute atomic E-state index is 0.176. The largest absolute Gasteiger partial charge is 0.497 e. The average Bonchev–Trinajstić information content (AvgIpc) is 2.73. The van der Waals surface area contributed by atoms with Crippen LogP contribution in [0.2, 0.25) is 0 Å². The number of hydrogen-bond donors (Lipinski definition) is 2. The summed E-state index contributed by atoms with van der Waals surface area (Å²) in [4.78, 5) is 0. The molecule has 2 atom stereocenters. The third-order valence-electron chi connectivity index (χ3n) is 4.09. The van der Waals surface area contributed by atoms with Gasteiger partial charge >= 0.3 is 0 Å². The molecule has 4 nitrogen and oxygen atoms in total. The van der Waals surface area contributed by atoms with Crippen LogP contribution in [0.4, 0.5) is 0 Å². The number of aryl methyl sites for hydroxylation is 2. The van der Waals surface area contributed by atoms with Crippen molar-refractivity contribution in [1.82, 2.24) is 0 Å². The topological polar surface area (TPSA) is 68.6 Å². The molecule has 0 aliphatic rings. The molecule has 0 saturated heterocycles. The molecule has 2 aromatic rings. The average molecular weight is 289 g/mol. The van der Waals surface area contributed by atoms with E-state index in [0.29, 0.717) is 6.54 Å². The highest BCUT2D eigenvalue weighted by molar-refractivity contribution is 5.37. The molecule has 0 amide bonds. The van der Waals surface area contributed by atoms with E-state index in [4.69, 9.17) is 14.9 Å². The number of aliphatic hydroxyl groups excluding tert-OH is 1. The molecule has 1 aromatic carbocycles. The summed E-state index contributed by atoms with van der Waals surface area (Å²) in [6, 6.07) is 7.64. The lowest BCUT2D eigenvalue weighted by atomic mass is 9.87. The number of nitrogens with two attached hydrogens (primary N) is 1. The van der Waals surface area contributed by atoms with Crippen molar-refractivity contribution < 1.29 is 14.3 Å². The number of hydrogen-bond acceptors (Lipinski definition) is 4. The molecule has 0 radical (unpaired) electrons. The van der Waals surface area contributed by atoms with Gasteiger partial charge in [-0.15, -0.1) is 0 Å². The van der Waals surface area contributed by atoms with E-state index in [-0.39, 0.29) is 5.92 Å². The summed E-state index contributed by atoms with van der Waals surface area (Å²) < 4.78 is 10.8. The van der Waals surface area contributed by atoms with Gasteiger partial charge < -0.3 is 20.0 Å². The van der Waals surface area contributed by atoms with Crippen LogP contribution < -0.4 is 10.5 Å². The Kier molecular flexibility index (Phi) is 4.70. The Labute approximate surface area is 125 Å². The molecule has 114 valence electrons. The Morgan fingerprint density at radius 2 is 1.76 bits per heavy atom. The Hall–Kier alpha value is -1.78.